The molecule has 0 bridgehead atoms. The molecule has 114 valence electrons. The fraction of sp³-hybridized carbons (Fsp3) is 1.00. The van der Waals surface area contributed by atoms with Crippen LogP contribution < -0.4 is 5.32 Å². The Morgan fingerprint density at radius 2 is 1.74 bits per heavy atom. The molecule has 1 atom stereocenters. The smallest absolute Gasteiger partial charge is 0.0240 e. The average molecular weight is 268 g/mol. The molecule has 0 aromatic carbocycles. The van der Waals surface area contributed by atoms with E-state index in [0.29, 0.717) is 11.5 Å². The van der Waals surface area contributed by atoms with Crippen LogP contribution >= 0.6 is 0 Å². The molecule has 1 aliphatic carbocycles. The average Bonchev–Trinajstić information content (AvgIpc) is 2.80. The Morgan fingerprint density at radius 3 is 2.16 bits per heavy atom. The van der Waals surface area contributed by atoms with Gasteiger partial charge in [-0.05, 0) is 44.2 Å². The Kier molecular flexibility index (Phi) is 6.82. The largest absolute Gasteiger partial charge is 0.315 e. The lowest BCUT2D eigenvalue weighted by molar-refractivity contribution is 0.132. The maximum Gasteiger partial charge on any atom is 0.0240 e. The van der Waals surface area contributed by atoms with Gasteiger partial charge in [-0.15, -0.1) is 0 Å². The molecule has 0 amide bonds. The van der Waals surface area contributed by atoms with E-state index in [0.717, 1.165) is 12.0 Å². The molecule has 2 nitrogen and oxygen atoms in total. The van der Waals surface area contributed by atoms with E-state index in [-0.39, 0.29) is 0 Å². The molecular formula is C17H36N2. The zero-order valence-electron chi connectivity index (χ0n) is 14.1. The molecule has 1 fully saturated rings. The summed E-state index contributed by atoms with van der Waals surface area (Å²) in [5.41, 5.74) is 0.337. The Labute approximate surface area is 121 Å². The van der Waals surface area contributed by atoms with Crippen molar-refractivity contribution >= 4 is 0 Å². The number of nitrogens with zero attached hydrogens (tertiary/aromatic N) is 1. The molecule has 1 unspecified atom stereocenters. The summed E-state index contributed by atoms with van der Waals surface area (Å²) in [6.07, 6.45) is 7.03. The lowest BCUT2D eigenvalue weighted by Gasteiger charge is -2.38. The molecule has 0 saturated heterocycles. The van der Waals surface area contributed by atoms with Crippen LogP contribution in [0.1, 0.15) is 66.7 Å². The SMILES string of the molecule is CNC(CN(CCC(C)C)C1CCCC1)C(C)(C)C. The highest BCUT2D eigenvalue weighted by Gasteiger charge is 2.29. The Bertz CT molecular complexity index is 236. The molecular weight excluding hydrogens is 232 g/mol. The van der Waals surface area contributed by atoms with Crippen LogP contribution in [-0.4, -0.2) is 37.1 Å². The lowest BCUT2D eigenvalue weighted by Crippen LogP contribution is -2.50. The van der Waals surface area contributed by atoms with E-state index in [4.69, 9.17) is 0 Å². The molecule has 0 aliphatic heterocycles. The zero-order valence-corrected chi connectivity index (χ0v) is 14.1. The van der Waals surface area contributed by atoms with E-state index in [1.165, 1.54) is 45.2 Å². The van der Waals surface area contributed by atoms with Gasteiger partial charge in [0.15, 0.2) is 0 Å². The van der Waals surface area contributed by atoms with Crippen molar-refractivity contribution in [3.05, 3.63) is 0 Å². The fourth-order valence-corrected chi connectivity index (χ4v) is 3.15. The highest BCUT2D eigenvalue weighted by molar-refractivity contribution is 4.86. The first-order chi connectivity index (χ1) is 8.84. The number of hydrogen-bond acceptors (Lipinski definition) is 2. The van der Waals surface area contributed by atoms with Crippen LogP contribution in [0.2, 0.25) is 0 Å². The van der Waals surface area contributed by atoms with Crippen molar-refractivity contribution in [2.75, 3.05) is 20.1 Å². The summed E-state index contributed by atoms with van der Waals surface area (Å²) in [5.74, 6) is 0.812. The Hall–Kier alpha value is -0.0800. The minimum Gasteiger partial charge on any atom is -0.315 e. The van der Waals surface area contributed by atoms with Crippen LogP contribution in [0.25, 0.3) is 0 Å². The van der Waals surface area contributed by atoms with Gasteiger partial charge in [-0.1, -0.05) is 47.5 Å². The molecule has 1 rings (SSSR count). The second-order valence-electron chi connectivity index (χ2n) is 7.82. The minimum absolute atomic E-state index is 0.337. The topological polar surface area (TPSA) is 15.3 Å². The van der Waals surface area contributed by atoms with Crippen molar-refractivity contribution < 1.29 is 0 Å². The van der Waals surface area contributed by atoms with Gasteiger partial charge in [0.25, 0.3) is 0 Å². The van der Waals surface area contributed by atoms with Gasteiger partial charge in [-0.3, -0.25) is 4.90 Å². The van der Waals surface area contributed by atoms with Gasteiger partial charge in [-0.2, -0.15) is 0 Å². The lowest BCUT2D eigenvalue weighted by atomic mass is 9.86. The van der Waals surface area contributed by atoms with Gasteiger partial charge in [0.1, 0.15) is 0 Å². The molecule has 1 aliphatic rings. The standard InChI is InChI=1S/C17H36N2/c1-14(2)11-12-19(15-9-7-8-10-15)13-16(18-6)17(3,4)5/h14-16,18H,7-13H2,1-6H3. The third-order valence-electron chi connectivity index (χ3n) is 4.65. The summed E-state index contributed by atoms with van der Waals surface area (Å²) in [6.45, 7) is 14.2. The van der Waals surface area contributed by atoms with Crippen molar-refractivity contribution in [2.24, 2.45) is 11.3 Å². The maximum atomic E-state index is 3.54. The predicted molar refractivity (Wildman–Crippen MR) is 85.6 cm³/mol. The van der Waals surface area contributed by atoms with Crippen molar-refractivity contribution in [3.8, 4) is 0 Å². The molecule has 1 saturated carbocycles. The van der Waals surface area contributed by atoms with E-state index in [2.05, 4.69) is 51.9 Å². The molecule has 0 aromatic rings. The first-order valence-corrected chi connectivity index (χ1v) is 8.26. The minimum atomic E-state index is 0.337. The van der Waals surface area contributed by atoms with Crippen molar-refractivity contribution in [3.63, 3.8) is 0 Å². The summed E-state index contributed by atoms with van der Waals surface area (Å²) < 4.78 is 0. The van der Waals surface area contributed by atoms with Crippen LogP contribution in [0, 0.1) is 11.3 Å². The number of rotatable bonds is 7. The summed E-state index contributed by atoms with van der Waals surface area (Å²) in [5, 5.41) is 3.54. The van der Waals surface area contributed by atoms with Crippen LogP contribution in [0.4, 0.5) is 0 Å². The maximum absolute atomic E-state index is 3.54. The predicted octanol–water partition coefficient (Wildman–Crippen LogP) is 3.91. The van der Waals surface area contributed by atoms with Crippen molar-refractivity contribution in [1.82, 2.24) is 10.2 Å². The highest BCUT2D eigenvalue weighted by atomic mass is 15.2. The van der Waals surface area contributed by atoms with Gasteiger partial charge < -0.3 is 5.32 Å². The molecule has 1 N–H and O–H groups in total. The number of nitrogens with one attached hydrogen (secondary N) is 1. The third kappa shape index (κ3) is 5.83. The van der Waals surface area contributed by atoms with E-state index >= 15 is 0 Å². The number of likely N-dealkylation sites (N-methyl/N-ethyl adjacent to an activating group) is 1. The summed E-state index contributed by atoms with van der Waals surface area (Å²) in [6, 6.07) is 1.43. The Balaban J connectivity index is 2.61. The monoisotopic (exact) mass is 268 g/mol. The van der Waals surface area contributed by atoms with Gasteiger partial charge in [0.2, 0.25) is 0 Å². The van der Waals surface area contributed by atoms with Crippen LogP contribution in [-0.2, 0) is 0 Å². The fourth-order valence-electron chi connectivity index (χ4n) is 3.15. The van der Waals surface area contributed by atoms with E-state index in [1.807, 2.05) is 0 Å². The van der Waals surface area contributed by atoms with Gasteiger partial charge >= 0.3 is 0 Å². The molecule has 2 heteroatoms. The van der Waals surface area contributed by atoms with Gasteiger partial charge in [0.05, 0.1) is 0 Å². The molecule has 0 heterocycles. The van der Waals surface area contributed by atoms with E-state index in [9.17, 15) is 0 Å². The highest BCUT2D eigenvalue weighted by Crippen LogP contribution is 2.27. The number of hydrogen-bond donors (Lipinski definition) is 1. The first kappa shape index (κ1) is 17.0. The third-order valence-corrected chi connectivity index (χ3v) is 4.65. The summed E-state index contributed by atoms with van der Waals surface area (Å²) >= 11 is 0. The normalized spacial score (nSPS) is 19.6. The van der Waals surface area contributed by atoms with Gasteiger partial charge in [-0.25, -0.2) is 0 Å². The second kappa shape index (κ2) is 7.64. The van der Waals surface area contributed by atoms with Crippen LogP contribution in [0.15, 0.2) is 0 Å². The van der Waals surface area contributed by atoms with E-state index < -0.39 is 0 Å². The molecule has 19 heavy (non-hydrogen) atoms. The first-order valence-electron chi connectivity index (χ1n) is 8.26. The molecule has 0 spiro atoms. The quantitative estimate of drug-likeness (QED) is 0.753. The van der Waals surface area contributed by atoms with E-state index in [1.54, 1.807) is 0 Å². The van der Waals surface area contributed by atoms with Crippen LogP contribution in [0.5, 0.6) is 0 Å². The molecule has 0 aromatic heterocycles. The Morgan fingerprint density at radius 1 is 1.16 bits per heavy atom. The van der Waals surface area contributed by atoms with Crippen LogP contribution in [0.3, 0.4) is 0 Å². The van der Waals surface area contributed by atoms with Crippen molar-refractivity contribution in [2.45, 2.75) is 78.8 Å². The molecule has 0 radical (unpaired) electrons. The summed E-state index contributed by atoms with van der Waals surface area (Å²) in [7, 11) is 2.12. The zero-order chi connectivity index (χ0) is 14.5. The van der Waals surface area contributed by atoms with Crippen molar-refractivity contribution in [1.29, 1.82) is 0 Å². The summed E-state index contributed by atoms with van der Waals surface area (Å²) in [4.78, 5) is 2.78. The van der Waals surface area contributed by atoms with Gasteiger partial charge in [0, 0.05) is 18.6 Å². The second-order valence-corrected chi connectivity index (χ2v) is 7.82.